The molecule has 3 aromatic heterocycles. The molecule has 2 fully saturated rings. The molecular formula is C38H45N7O3S. The second kappa shape index (κ2) is 15.1. The molecule has 0 bridgehead atoms. The quantitative estimate of drug-likeness (QED) is 0.185. The van der Waals surface area contributed by atoms with Gasteiger partial charge >= 0.3 is 0 Å². The molecule has 2 aliphatic rings. The van der Waals surface area contributed by atoms with E-state index >= 15 is 0 Å². The van der Waals surface area contributed by atoms with E-state index in [1.54, 1.807) is 18.4 Å². The number of morpholine rings is 1. The fraction of sp³-hybridized carbons (Fsp3) is 0.368. The van der Waals surface area contributed by atoms with Crippen molar-refractivity contribution in [2.24, 2.45) is 7.05 Å². The number of piperazine rings is 1. The number of pyridine rings is 1. The van der Waals surface area contributed by atoms with Crippen molar-refractivity contribution in [3.63, 3.8) is 0 Å². The highest BCUT2D eigenvalue weighted by Crippen LogP contribution is 2.41. The SMILES string of the molecule is COc1cc(-c2csc3c(/C=C/CN4CCN(CCCN5CCOCC5)CC4)cnc(N)c23)ccc1NC(=O)c1cc2ccccc2n1C. The van der Waals surface area contributed by atoms with Gasteiger partial charge in [-0.3, -0.25) is 14.6 Å². The molecule has 0 unspecified atom stereocenters. The molecule has 3 N–H and O–H groups in total. The standard InChI is InChI=1S/C38H45N7O3S/c1-42-32-9-4-3-7-28(32)23-33(42)38(46)41-31-11-10-27(24-34(31)47-2)30-26-49-36-29(25-40-37(39)35(30)36)8-5-12-43-15-17-44(18-16-43)13-6-14-45-19-21-48-22-20-45/h3-5,7-11,23-26H,6,12-22H2,1-2H3,(H2,39,40)(H,41,46)/b8-5+. The van der Waals surface area contributed by atoms with Gasteiger partial charge in [0.25, 0.3) is 5.91 Å². The summed E-state index contributed by atoms with van der Waals surface area (Å²) in [7, 11) is 3.51. The summed E-state index contributed by atoms with van der Waals surface area (Å²) in [6.07, 6.45) is 7.52. The van der Waals surface area contributed by atoms with Crippen LogP contribution in [-0.2, 0) is 11.8 Å². The summed E-state index contributed by atoms with van der Waals surface area (Å²) >= 11 is 1.67. The minimum atomic E-state index is -0.197. The van der Waals surface area contributed by atoms with Crippen LogP contribution < -0.4 is 15.8 Å². The van der Waals surface area contributed by atoms with Crippen LogP contribution in [0.3, 0.4) is 0 Å². The number of nitrogens with one attached hydrogen (secondary N) is 1. The lowest BCUT2D eigenvalue weighted by molar-refractivity contribution is 0.0352. The van der Waals surface area contributed by atoms with Gasteiger partial charge in [0.05, 0.1) is 26.0 Å². The molecule has 2 saturated heterocycles. The molecule has 2 aliphatic heterocycles. The fourth-order valence-corrected chi connectivity index (χ4v) is 8.02. The van der Waals surface area contributed by atoms with Crippen LogP contribution in [0.5, 0.6) is 5.75 Å². The molecule has 0 aliphatic carbocycles. The molecule has 5 heterocycles. The molecule has 0 radical (unpaired) electrons. The number of fused-ring (bicyclic) bond motifs is 2. The van der Waals surface area contributed by atoms with Gasteiger partial charge in [-0.2, -0.15) is 0 Å². The summed E-state index contributed by atoms with van der Waals surface area (Å²) in [4.78, 5) is 25.5. The molecule has 0 atom stereocenters. The highest BCUT2D eigenvalue weighted by molar-refractivity contribution is 7.18. The summed E-state index contributed by atoms with van der Waals surface area (Å²) in [6.45, 7) is 11.5. The normalized spacial score (nSPS) is 16.6. The van der Waals surface area contributed by atoms with Gasteiger partial charge in [0.1, 0.15) is 17.3 Å². The second-order valence-electron chi connectivity index (χ2n) is 12.8. The zero-order chi connectivity index (χ0) is 33.7. The van der Waals surface area contributed by atoms with Gasteiger partial charge in [0, 0.05) is 91.2 Å². The number of para-hydroxylation sites is 1. The van der Waals surface area contributed by atoms with Crippen LogP contribution in [0.4, 0.5) is 11.5 Å². The van der Waals surface area contributed by atoms with Gasteiger partial charge in [-0.1, -0.05) is 36.4 Å². The lowest BCUT2D eigenvalue weighted by Crippen LogP contribution is -2.47. The van der Waals surface area contributed by atoms with Gasteiger partial charge in [0.15, 0.2) is 0 Å². The molecule has 7 rings (SSSR count). The Bertz CT molecular complexity index is 1950. The molecule has 49 heavy (non-hydrogen) atoms. The van der Waals surface area contributed by atoms with Crippen molar-refractivity contribution in [3.8, 4) is 16.9 Å². The number of nitrogens with two attached hydrogens (primary N) is 1. The number of ether oxygens (including phenoxy) is 2. The Morgan fingerprint density at radius 2 is 1.78 bits per heavy atom. The van der Waals surface area contributed by atoms with Crippen molar-refractivity contribution >= 4 is 55.8 Å². The average Bonchev–Trinajstić information content (AvgIpc) is 3.73. The van der Waals surface area contributed by atoms with E-state index in [9.17, 15) is 4.79 Å². The third-order valence-electron chi connectivity index (χ3n) is 9.78. The summed E-state index contributed by atoms with van der Waals surface area (Å²) in [5, 5.41) is 7.13. The Labute approximate surface area is 291 Å². The van der Waals surface area contributed by atoms with Crippen LogP contribution >= 0.6 is 11.3 Å². The molecule has 256 valence electrons. The first-order chi connectivity index (χ1) is 24.0. The Balaban J connectivity index is 0.992. The summed E-state index contributed by atoms with van der Waals surface area (Å²) < 4.78 is 14.2. The largest absolute Gasteiger partial charge is 0.495 e. The second-order valence-corrected chi connectivity index (χ2v) is 13.7. The summed E-state index contributed by atoms with van der Waals surface area (Å²) in [5.41, 5.74) is 11.7. The van der Waals surface area contributed by atoms with Gasteiger partial charge in [-0.05, 0) is 54.7 Å². The van der Waals surface area contributed by atoms with Gasteiger partial charge in [-0.15, -0.1) is 11.3 Å². The molecule has 11 heteroatoms. The maximum absolute atomic E-state index is 13.3. The van der Waals surface area contributed by atoms with E-state index in [0.717, 1.165) is 96.7 Å². The van der Waals surface area contributed by atoms with Crippen molar-refractivity contribution in [1.29, 1.82) is 0 Å². The van der Waals surface area contributed by atoms with Crippen molar-refractivity contribution < 1.29 is 14.3 Å². The zero-order valence-corrected chi connectivity index (χ0v) is 29.2. The van der Waals surface area contributed by atoms with Crippen molar-refractivity contribution in [3.05, 3.63) is 77.4 Å². The van der Waals surface area contributed by atoms with E-state index in [2.05, 4.69) is 42.5 Å². The van der Waals surface area contributed by atoms with E-state index in [1.807, 2.05) is 66.3 Å². The average molecular weight is 680 g/mol. The van der Waals surface area contributed by atoms with Crippen LogP contribution in [0, 0.1) is 0 Å². The number of anilines is 2. The number of thiophene rings is 1. The molecule has 2 aromatic carbocycles. The number of aryl methyl sites for hydroxylation is 1. The number of aromatic nitrogens is 2. The number of methoxy groups -OCH3 is 1. The predicted molar refractivity (Wildman–Crippen MR) is 201 cm³/mol. The van der Waals surface area contributed by atoms with E-state index in [0.29, 0.717) is 22.9 Å². The molecule has 0 spiro atoms. The minimum Gasteiger partial charge on any atom is -0.495 e. The fourth-order valence-electron chi connectivity index (χ4n) is 6.94. The minimum absolute atomic E-state index is 0.197. The van der Waals surface area contributed by atoms with Gasteiger partial charge < -0.3 is 30.0 Å². The molecule has 1 amide bonds. The van der Waals surface area contributed by atoms with Crippen molar-refractivity contribution in [2.75, 3.05) is 90.3 Å². The zero-order valence-electron chi connectivity index (χ0n) is 28.4. The number of nitrogens with zero attached hydrogens (tertiary/aromatic N) is 5. The van der Waals surface area contributed by atoms with E-state index < -0.39 is 0 Å². The third kappa shape index (κ3) is 7.36. The molecule has 0 saturated carbocycles. The van der Waals surface area contributed by atoms with Crippen LogP contribution in [0.15, 0.2) is 66.2 Å². The van der Waals surface area contributed by atoms with E-state index in [-0.39, 0.29) is 5.91 Å². The summed E-state index contributed by atoms with van der Waals surface area (Å²) in [6, 6.07) is 15.7. The number of nitrogen functional groups attached to an aromatic ring is 1. The van der Waals surface area contributed by atoms with Gasteiger partial charge in [0.2, 0.25) is 0 Å². The lowest BCUT2D eigenvalue weighted by atomic mass is 10.0. The van der Waals surface area contributed by atoms with Crippen LogP contribution in [0.1, 0.15) is 22.5 Å². The number of rotatable bonds is 11. The Hall–Kier alpha value is -4.26. The third-order valence-corrected chi connectivity index (χ3v) is 10.8. The van der Waals surface area contributed by atoms with Gasteiger partial charge in [-0.25, -0.2) is 4.98 Å². The van der Waals surface area contributed by atoms with Crippen LogP contribution in [-0.4, -0.2) is 109 Å². The first-order valence-electron chi connectivity index (χ1n) is 17.1. The maximum Gasteiger partial charge on any atom is 0.272 e. The summed E-state index contributed by atoms with van der Waals surface area (Å²) in [5.74, 6) is 0.876. The highest BCUT2D eigenvalue weighted by Gasteiger charge is 2.19. The Morgan fingerprint density at radius 3 is 2.55 bits per heavy atom. The monoisotopic (exact) mass is 679 g/mol. The topological polar surface area (TPSA) is 101 Å². The lowest BCUT2D eigenvalue weighted by Gasteiger charge is -2.34. The van der Waals surface area contributed by atoms with E-state index in [1.165, 1.54) is 19.5 Å². The number of hydrogen-bond acceptors (Lipinski definition) is 9. The molecule has 10 nitrogen and oxygen atoms in total. The smallest absolute Gasteiger partial charge is 0.272 e. The Morgan fingerprint density at radius 1 is 1.02 bits per heavy atom. The maximum atomic E-state index is 13.3. The first-order valence-corrected chi connectivity index (χ1v) is 18.0. The number of carbonyl (C=O) groups excluding carboxylic acids is 1. The van der Waals surface area contributed by atoms with E-state index in [4.69, 9.17) is 15.2 Å². The number of amides is 1. The van der Waals surface area contributed by atoms with Crippen LogP contribution in [0.2, 0.25) is 0 Å². The number of carbonyl (C=O) groups is 1. The first kappa shape index (κ1) is 33.2. The molecule has 5 aromatic rings. The van der Waals surface area contributed by atoms with Crippen LogP contribution in [0.25, 0.3) is 38.2 Å². The van der Waals surface area contributed by atoms with Crippen molar-refractivity contribution in [2.45, 2.75) is 6.42 Å². The number of hydrogen-bond donors (Lipinski definition) is 2. The van der Waals surface area contributed by atoms with Crippen molar-refractivity contribution in [1.82, 2.24) is 24.3 Å². The Kier molecular flexibility index (Phi) is 10.2. The molecular weight excluding hydrogens is 635 g/mol. The highest BCUT2D eigenvalue weighted by atomic mass is 32.1. The number of benzene rings is 2. The predicted octanol–water partition coefficient (Wildman–Crippen LogP) is 5.65.